The Hall–Kier alpha value is -1.92. The van der Waals surface area contributed by atoms with Crippen LogP contribution in [0.3, 0.4) is 0 Å². The van der Waals surface area contributed by atoms with E-state index in [1.165, 1.54) is 0 Å². The van der Waals surface area contributed by atoms with Crippen molar-refractivity contribution >= 4 is 23.8 Å². The zero-order chi connectivity index (χ0) is 13.9. The minimum absolute atomic E-state index is 0.0428. The summed E-state index contributed by atoms with van der Waals surface area (Å²) in [5, 5.41) is 17.2. The molecule has 7 heteroatoms. The van der Waals surface area contributed by atoms with E-state index in [4.69, 9.17) is 19.8 Å². The Morgan fingerprint density at radius 1 is 1.22 bits per heavy atom. The van der Waals surface area contributed by atoms with Gasteiger partial charge < -0.3 is 10.2 Å². The predicted octanol–water partition coefficient (Wildman–Crippen LogP) is -0.00510. The summed E-state index contributed by atoms with van der Waals surface area (Å²) in [6.07, 6.45) is 3.91. The average Bonchev–Trinajstić information content (AvgIpc) is 2.51. The van der Waals surface area contributed by atoms with Crippen molar-refractivity contribution in [3.8, 4) is 0 Å². The number of carbonyl (C=O) groups excluding carboxylic acids is 2. The van der Waals surface area contributed by atoms with Gasteiger partial charge in [-0.25, -0.2) is 9.59 Å². The van der Waals surface area contributed by atoms with Crippen LogP contribution in [0.1, 0.15) is 32.6 Å². The molecule has 2 aliphatic rings. The van der Waals surface area contributed by atoms with Crippen LogP contribution in [0.2, 0.25) is 0 Å². The first kappa shape index (κ1) is 14.1. The summed E-state index contributed by atoms with van der Waals surface area (Å²) < 4.78 is 0. The van der Waals surface area contributed by atoms with Crippen LogP contribution in [0.5, 0.6) is 0 Å². The molecular formula is C11H15NO6. The van der Waals surface area contributed by atoms with Crippen LogP contribution in [-0.2, 0) is 19.2 Å². The molecule has 1 aliphatic carbocycles. The van der Waals surface area contributed by atoms with E-state index in [1.807, 2.05) is 6.92 Å². The van der Waals surface area contributed by atoms with Gasteiger partial charge in [0.25, 0.3) is 0 Å². The van der Waals surface area contributed by atoms with Gasteiger partial charge in [0.1, 0.15) is 0 Å². The first-order valence-electron chi connectivity index (χ1n) is 5.60. The third-order valence-corrected chi connectivity index (χ3v) is 3.46. The van der Waals surface area contributed by atoms with E-state index in [2.05, 4.69) is 5.32 Å². The van der Waals surface area contributed by atoms with Crippen molar-refractivity contribution < 1.29 is 29.4 Å². The largest absolute Gasteiger partial charge is 0.473 e. The van der Waals surface area contributed by atoms with Crippen molar-refractivity contribution in [2.24, 2.45) is 11.3 Å². The van der Waals surface area contributed by atoms with Crippen molar-refractivity contribution in [1.82, 2.24) is 5.32 Å². The van der Waals surface area contributed by atoms with E-state index in [-0.39, 0.29) is 23.1 Å². The highest BCUT2D eigenvalue weighted by Crippen LogP contribution is 2.44. The first-order chi connectivity index (χ1) is 8.29. The third kappa shape index (κ3) is 2.66. The van der Waals surface area contributed by atoms with Crippen LogP contribution in [0, 0.1) is 11.3 Å². The maximum absolute atomic E-state index is 11.4. The summed E-state index contributed by atoms with van der Waals surface area (Å²) in [4.78, 5) is 40.9. The van der Waals surface area contributed by atoms with Crippen LogP contribution >= 0.6 is 0 Å². The number of carbonyl (C=O) groups is 4. The molecular weight excluding hydrogens is 242 g/mol. The maximum Gasteiger partial charge on any atom is 0.414 e. The van der Waals surface area contributed by atoms with Gasteiger partial charge in [0.05, 0.1) is 11.3 Å². The average molecular weight is 257 g/mol. The monoisotopic (exact) mass is 257 g/mol. The van der Waals surface area contributed by atoms with Crippen molar-refractivity contribution in [3.05, 3.63) is 0 Å². The molecule has 0 radical (unpaired) electrons. The van der Waals surface area contributed by atoms with Crippen LogP contribution < -0.4 is 5.32 Å². The number of aliphatic carboxylic acids is 2. The molecule has 0 bridgehead atoms. The molecule has 18 heavy (non-hydrogen) atoms. The van der Waals surface area contributed by atoms with Gasteiger partial charge in [-0.3, -0.25) is 14.9 Å². The number of amides is 2. The zero-order valence-corrected chi connectivity index (χ0v) is 9.93. The lowest BCUT2D eigenvalue weighted by molar-refractivity contribution is -0.159. The van der Waals surface area contributed by atoms with Gasteiger partial charge in [0, 0.05) is 0 Å². The second kappa shape index (κ2) is 5.16. The molecule has 3 N–H and O–H groups in total. The third-order valence-electron chi connectivity index (χ3n) is 3.46. The van der Waals surface area contributed by atoms with E-state index in [0.717, 1.165) is 25.7 Å². The second-order valence-corrected chi connectivity index (χ2v) is 4.64. The van der Waals surface area contributed by atoms with Gasteiger partial charge in [-0.1, -0.05) is 12.8 Å². The van der Waals surface area contributed by atoms with E-state index >= 15 is 0 Å². The molecule has 0 aromatic carbocycles. The van der Waals surface area contributed by atoms with Crippen LogP contribution in [0.4, 0.5) is 0 Å². The summed E-state index contributed by atoms with van der Waals surface area (Å²) in [6, 6.07) is 0. The van der Waals surface area contributed by atoms with Gasteiger partial charge >= 0.3 is 11.9 Å². The van der Waals surface area contributed by atoms with Crippen molar-refractivity contribution in [2.75, 3.05) is 0 Å². The molecule has 1 heterocycles. The summed E-state index contributed by atoms with van der Waals surface area (Å²) >= 11 is 0. The number of hydrogen-bond donors (Lipinski definition) is 3. The minimum Gasteiger partial charge on any atom is -0.473 e. The smallest absolute Gasteiger partial charge is 0.414 e. The molecule has 1 saturated carbocycles. The minimum atomic E-state index is -1.82. The maximum atomic E-state index is 11.4. The van der Waals surface area contributed by atoms with Crippen molar-refractivity contribution in [1.29, 1.82) is 0 Å². The lowest BCUT2D eigenvalue weighted by atomic mass is 9.69. The van der Waals surface area contributed by atoms with Crippen LogP contribution in [-0.4, -0.2) is 34.0 Å². The first-order valence-corrected chi connectivity index (χ1v) is 5.60. The Bertz CT molecular complexity index is 392. The van der Waals surface area contributed by atoms with Gasteiger partial charge in [-0.15, -0.1) is 0 Å². The quantitative estimate of drug-likeness (QED) is 0.414. The Morgan fingerprint density at radius 3 is 2.22 bits per heavy atom. The number of imide groups is 1. The highest BCUT2D eigenvalue weighted by atomic mass is 16.4. The number of carboxylic acid groups (broad SMARTS) is 2. The zero-order valence-electron chi connectivity index (χ0n) is 9.93. The number of hydrogen-bond acceptors (Lipinski definition) is 4. The van der Waals surface area contributed by atoms with Gasteiger partial charge in [0.15, 0.2) is 0 Å². The lowest BCUT2D eigenvalue weighted by Crippen LogP contribution is -2.34. The van der Waals surface area contributed by atoms with Crippen LogP contribution in [0.25, 0.3) is 0 Å². The molecule has 7 nitrogen and oxygen atoms in total. The molecule has 2 atom stereocenters. The fraction of sp³-hybridized carbons (Fsp3) is 0.636. The lowest BCUT2D eigenvalue weighted by Gasteiger charge is -2.31. The SMILES string of the molecule is CC12CCCCC1C(=O)NC2=O.O=C(O)C(=O)O. The molecule has 0 aromatic rings. The Labute approximate surface area is 103 Å². The fourth-order valence-electron chi connectivity index (χ4n) is 2.37. The number of carboxylic acids is 2. The van der Waals surface area contributed by atoms with E-state index in [0.29, 0.717) is 0 Å². The van der Waals surface area contributed by atoms with Gasteiger partial charge in [0.2, 0.25) is 11.8 Å². The highest BCUT2D eigenvalue weighted by Gasteiger charge is 2.52. The number of rotatable bonds is 0. The molecule has 2 unspecified atom stereocenters. The van der Waals surface area contributed by atoms with Crippen molar-refractivity contribution in [2.45, 2.75) is 32.6 Å². The normalized spacial score (nSPS) is 29.7. The number of nitrogens with one attached hydrogen (secondary N) is 1. The van der Waals surface area contributed by atoms with Crippen LogP contribution in [0.15, 0.2) is 0 Å². The second-order valence-electron chi connectivity index (χ2n) is 4.64. The molecule has 1 saturated heterocycles. The van der Waals surface area contributed by atoms with Gasteiger partial charge in [-0.2, -0.15) is 0 Å². The Kier molecular flexibility index (Phi) is 4.05. The van der Waals surface area contributed by atoms with E-state index in [1.54, 1.807) is 0 Å². The fourth-order valence-corrected chi connectivity index (χ4v) is 2.37. The molecule has 0 aromatic heterocycles. The topological polar surface area (TPSA) is 121 Å². The van der Waals surface area contributed by atoms with E-state index < -0.39 is 11.9 Å². The standard InChI is InChI=1S/C9H13NO2.C2H2O4/c1-9-5-3-2-4-6(9)7(11)10-8(9)12;3-1(4)2(5)6/h6H,2-5H2,1H3,(H,10,11,12);(H,3,4)(H,5,6). The highest BCUT2D eigenvalue weighted by molar-refractivity contribution is 6.27. The predicted molar refractivity (Wildman–Crippen MR) is 58.5 cm³/mol. The molecule has 100 valence electrons. The van der Waals surface area contributed by atoms with Gasteiger partial charge in [-0.05, 0) is 19.8 Å². The Morgan fingerprint density at radius 2 is 1.78 bits per heavy atom. The molecule has 2 amide bonds. The summed E-state index contributed by atoms with van der Waals surface area (Å²) in [7, 11) is 0. The molecule has 2 fully saturated rings. The number of fused-ring (bicyclic) bond motifs is 1. The van der Waals surface area contributed by atoms with Crippen molar-refractivity contribution in [3.63, 3.8) is 0 Å². The summed E-state index contributed by atoms with van der Waals surface area (Å²) in [5.41, 5.74) is -0.380. The summed E-state index contributed by atoms with van der Waals surface area (Å²) in [5.74, 6) is -3.80. The van der Waals surface area contributed by atoms with E-state index in [9.17, 15) is 9.59 Å². The summed E-state index contributed by atoms with van der Waals surface area (Å²) in [6.45, 7) is 1.91. The molecule has 1 aliphatic heterocycles. The molecule has 0 spiro atoms. The Balaban J connectivity index is 0.000000232. The molecule has 2 rings (SSSR count).